The van der Waals surface area contributed by atoms with Crippen LogP contribution in [0.15, 0.2) is 18.2 Å². The fourth-order valence-corrected chi connectivity index (χ4v) is 1.75. The molecule has 2 rings (SSSR count). The van der Waals surface area contributed by atoms with Gasteiger partial charge in [-0.2, -0.15) is 13.2 Å². The highest BCUT2D eigenvalue weighted by Crippen LogP contribution is 2.32. The number of hydrogen-bond donors (Lipinski definition) is 2. The fraction of sp³-hybridized carbons (Fsp3) is 0.333. The third-order valence-electron chi connectivity index (χ3n) is 2.70. The van der Waals surface area contributed by atoms with E-state index in [1.807, 2.05) is 0 Å². The Morgan fingerprint density at radius 1 is 1.16 bits per heavy atom. The molecule has 7 heteroatoms. The molecule has 0 radical (unpaired) electrons. The molecule has 0 amide bonds. The molecule has 0 aliphatic carbocycles. The van der Waals surface area contributed by atoms with Crippen molar-refractivity contribution in [2.75, 3.05) is 12.3 Å². The van der Waals surface area contributed by atoms with E-state index in [-0.39, 0.29) is 11.2 Å². The predicted molar refractivity (Wildman–Crippen MR) is 66.3 cm³/mol. The summed E-state index contributed by atoms with van der Waals surface area (Å²) >= 11 is 0. The minimum Gasteiger partial charge on any atom is -0.383 e. The van der Waals surface area contributed by atoms with Crippen LogP contribution in [0.1, 0.15) is 17.8 Å². The van der Waals surface area contributed by atoms with Crippen molar-refractivity contribution in [2.24, 2.45) is 5.73 Å². The van der Waals surface area contributed by atoms with Crippen molar-refractivity contribution in [3.8, 4) is 0 Å². The van der Waals surface area contributed by atoms with E-state index in [0.29, 0.717) is 30.7 Å². The van der Waals surface area contributed by atoms with Crippen molar-refractivity contribution in [1.82, 2.24) is 9.97 Å². The van der Waals surface area contributed by atoms with Gasteiger partial charge in [-0.3, -0.25) is 0 Å². The maximum atomic E-state index is 12.6. The van der Waals surface area contributed by atoms with E-state index in [1.54, 1.807) is 0 Å². The largest absolute Gasteiger partial charge is 0.416 e. The number of aryl methyl sites for hydroxylation is 1. The van der Waals surface area contributed by atoms with Crippen molar-refractivity contribution in [2.45, 2.75) is 19.0 Å². The Kier molecular flexibility index (Phi) is 3.57. The lowest BCUT2D eigenvalue weighted by Gasteiger charge is -2.09. The highest BCUT2D eigenvalue weighted by atomic mass is 19.4. The molecule has 0 fully saturated rings. The van der Waals surface area contributed by atoms with E-state index < -0.39 is 11.7 Å². The second-order valence-corrected chi connectivity index (χ2v) is 4.15. The first-order chi connectivity index (χ1) is 8.91. The van der Waals surface area contributed by atoms with Gasteiger partial charge in [-0.15, -0.1) is 0 Å². The molecule has 19 heavy (non-hydrogen) atoms. The van der Waals surface area contributed by atoms with E-state index in [1.165, 1.54) is 6.07 Å². The first kappa shape index (κ1) is 13.5. The second-order valence-electron chi connectivity index (χ2n) is 4.15. The lowest BCUT2D eigenvalue weighted by molar-refractivity contribution is -0.137. The van der Waals surface area contributed by atoms with E-state index in [4.69, 9.17) is 11.5 Å². The average Bonchev–Trinajstić information content (AvgIpc) is 2.35. The molecule has 1 aromatic heterocycles. The summed E-state index contributed by atoms with van der Waals surface area (Å²) in [7, 11) is 0. The molecular formula is C12H13F3N4. The smallest absolute Gasteiger partial charge is 0.383 e. The van der Waals surface area contributed by atoms with Gasteiger partial charge in [0.1, 0.15) is 11.6 Å². The van der Waals surface area contributed by atoms with Gasteiger partial charge in [0, 0.05) is 11.8 Å². The molecule has 2 aromatic rings. The van der Waals surface area contributed by atoms with Gasteiger partial charge in [-0.05, 0) is 31.2 Å². The SMILES string of the molecule is NCCCc1nc(N)c2cc(C(F)(F)F)ccc2n1. The number of anilines is 1. The van der Waals surface area contributed by atoms with E-state index in [9.17, 15) is 13.2 Å². The van der Waals surface area contributed by atoms with Crippen LogP contribution >= 0.6 is 0 Å². The molecule has 1 aromatic carbocycles. The number of fused-ring (bicyclic) bond motifs is 1. The third kappa shape index (κ3) is 2.93. The molecule has 0 saturated heterocycles. The average molecular weight is 270 g/mol. The molecule has 1 heterocycles. The lowest BCUT2D eigenvalue weighted by Crippen LogP contribution is -2.07. The topological polar surface area (TPSA) is 77.8 Å². The summed E-state index contributed by atoms with van der Waals surface area (Å²) in [5, 5.41) is 0.214. The number of halogens is 3. The minimum absolute atomic E-state index is 0.0584. The number of benzene rings is 1. The van der Waals surface area contributed by atoms with Gasteiger partial charge in [-0.1, -0.05) is 0 Å². The van der Waals surface area contributed by atoms with Gasteiger partial charge >= 0.3 is 6.18 Å². The summed E-state index contributed by atoms with van der Waals surface area (Å²) < 4.78 is 37.8. The molecule has 0 spiro atoms. The molecule has 4 N–H and O–H groups in total. The van der Waals surface area contributed by atoms with Crippen LogP contribution in [-0.4, -0.2) is 16.5 Å². The second kappa shape index (κ2) is 5.00. The molecule has 0 bridgehead atoms. The zero-order valence-corrected chi connectivity index (χ0v) is 10.0. The third-order valence-corrected chi connectivity index (χ3v) is 2.70. The normalized spacial score (nSPS) is 12.0. The summed E-state index contributed by atoms with van der Waals surface area (Å²) in [6.45, 7) is 0.494. The van der Waals surface area contributed by atoms with Crippen molar-refractivity contribution in [1.29, 1.82) is 0 Å². The first-order valence-electron chi connectivity index (χ1n) is 5.75. The molecule has 4 nitrogen and oxygen atoms in total. The number of rotatable bonds is 3. The lowest BCUT2D eigenvalue weighted by atomic mass is 10.1. The summed E-state index contributed by atoms with van der Waals surface area (Å²) in [5.74, 6) is 0.554. The number of nitrogen functional groups attached to an aromatic ring is 1. The van der Waals surface area contributed by atoms with Crippen LogP contribution in [-0.2, 0) is 12.6 Å². The summed E-state index contributed by atoms with van der Waals surface area (Å²) in [4.78, 5) is 8.19. The van der Waals surface area contributed by atoms with Gasteiger partial charge in [0.25, 0.3) is 0 Å². The maximum absolute atomic E-state index is 12.6. The number of alkyl halides is 3. The molecule has 0 unspecified atom stereocenters. The van der Waals surface area contributed by atoms with Crippen molar-refractivity contribution >= 4 is 16.7 Å². The van der Waals surface area contributed by atoms with Crippen molar-refractivity contribution in [3.63, 3.8) is 0 Å². The van der Waals surface area contributed by atoms with Gasteiger partial charge < -0.3 is 11.5 Å². The van der Waals surface area contributed by atoms with Crippen molar-refractivity contribution < 1.29 is 13.2 Å². The Morgan fingerprint density at radius 3 is 2.53 bits per heavy atom. The Balaban J connectivity index is 2.48. The molecule has 0 saturated carbocycles. The van der Waals surface area contributed by atoms with Gasteiger partial charge in [0.15, 0.2) is 0 Å². The Bertz CT molecular complexity index is 595. The van der Waals surface area contributed by atoms with Gasteiger partial charge in [0.2, 0.25) is 0 Å². The quantitative estimate of drug-likeness (QED) is 0.895. The molecule has 0 aliphatic rings. The zero-order chi connectivity index (χ0) is 14.0. The molecule has 102 valence electrons. The standard InChI is InChI=1S/C12H13F3N4/c13-12(14,15)7-3-4-9-8(6-7)11(17)19-10(18-9)2-1-5-16/h3-4,6H,1-2,5,16H2,(H2,17,18,19). The predicted octanol–water partition coefficient (Wildman–Crippen LogP) is 2.12. The number of nitrogens with zero attached hydrogens (tertiary/aromatic N) is 2. The molecular weight excluding hydrogens is 257 g/mol. The highest BCUT2D eigenvalue weighted by molar-refractivity contribution is 5.88. The Morgan fingerprint density at radius 2 is 1.89 bits per heavy atom. The summed E-state index contributed by atoms with van der Waals surface area (Å²) in [6, 6.07) is 3.26. The Hall–Kier alpha value is -1.89. The molecule has 0 atom stereocenters. The van der Waals surface area contributed by atoms with Crippen LogP contribution in [0.5, 0.6) is 0 Å². The maximum Gasteiger partial charge on any atom is 0.416 e. The molecule has 0 aliphatic heterocycles. The number of hydrogen-bond acceptors (Lipinski definition) is 4. The zero-order valence-electron chi connectivity index (χ0n) is 10.0. The van der Waals surface area contributed by atoms with E-state index in [0.717, 1.165) is 12.1 Å². The van der Waals surface area contributed by atoms with Crippen LogP contribution in [0.3, 0.4) is 0 Å². The van der Waals surface area contributed by atoms with Gasteiger partial charge in [-0.25, -0.2) is 9.97 Å². The van der Waals surface area contributed by atoms with Crippen LogP contribution < -0.4 is 11.5 Å². The van der Waals surface area contributed by atoms with Crippen LogP contribution in [0, 0.1) is 0 Å². The summed E-state index contributed by atoms with van der Waals surface area (Å²) in [6.07, 6.45) is -3.15. The van der Waals surface area contributed by atoms with Crippen molar-refractivity contribution in [3.05, 3.63) is 29.6 Å². The number of aromatic nitrogens is 2. The summed E-state index contributed by atoms with van der Waals surface area (Å²) in [5.41, 5.74) is 10.7. The van der Waals surface area contributed by atoms with E-state index in [2.05, 4.69) is 9.97 Å². The minimum atomic E-state index is -4.40. The monoisotopic (exact) mass is 270 g/mol. The first-order valence-corrected chi connectivity index (χ1v) is 5.75. The Labute approximate surface area is 107 Å². The number of nitrogens with two attached hydrogens (primary N) is 2. The van der Waals surface area contributed by atoms with Crippen LogP contribution in [0.4, 0.5) is 19.0 Å². The fourth-order valence-electron chi connectivity index (χ4n) is 1.75. The highest BCUT2D eigenvalue weighted by Gasteiger charge is 2.30. The van der Waals surface area contributed by atoms with Crippen LogP contribution in [0.25, 0.3) is 10.9 Å². The van der Waals surface area contributed by atoms with Gasteiger partial charge in [0.05, 0.1) is 11.1 Å². The van der Waals surface area contributed by atoms with E-state index >= 15 is 0 Å². The van der Waals surface area contributed by atoms with Crippen LogP contribution in [0.2, 0.25) is 0 Å².